The van der Waals surface area contributed by atoms with E-state index in [1.165, 1.54) is 7.11 Å². The van der Waals surface area contributed by atoms with Crippen molar-refractivity contribution < 1.29 is 14.3 Å². The lowest BCUT2D eigenvalue weighted by Gasteiger charge is -2.33. The number of carbonyl (C=O) groups excluding carboxylic acids is 2. The molecule has 0 saturated heterocycles. The van der Waals surface area contributed by atoms with Crippen LogP contribution in [0.1, 0.15) is 36.1 Å². The van der Waals surface area contributed by atoms with Gasteiger partial charge in [0.2, 0.25) is 0 Å². The average Bonchev–Trinajstić information content (AvgIpc) is 2.86. The quantitative estimate of drug-likeness (QED) is 0.582. The molecule has 1 aliphatic heterocycles. The van der Waals surface area contributed by atoms with Crippen molar-refractivity contribution in [2.75, 3.05) is 17.7 Å². The van der Waals surface area contributed by atoms with Crippen molar-refractivity contribution in [3.63, 3.8) is 0 Å². The minimum Gasteiger partial charge on any atom is -0.468 e. The van der Waals surface area contributed by atoms with Gasteiger partial charge in [-0.1, -0.05) is 42.8 Å². The van der Waals surface area contributed by atoms with E-state index < -0.39 is 11.9 Å². The van der Waals surface area contributed by atoms with Gasteiger partial charge in [0.1, 0.15) is 5.92 Å². The maximum Gasteiger partial charge on any atom is 0.316 e. The van der Waals surface area contributed by atoms with Gasteiger partial charge in [-0.25, -0.2) is 0 Å². The van der Waals surface area contributed by atoms with E-state index >= 15 is 0 Å². The van der Waals surface area contributed by atoms with Gasteiger partial charge in [-0.3, -0.25) is 9.59 Å². The lowest BCUT2D eigenvalue weighted by molar-refractivity contribution is -0.151. The molecule has 0 unspecified atom stereocenters. The van der Waals surface area contributed by atoms with E-state index in [9.17, 15) is 9.59 Å². The standard InChI is InChI=1S/C24H26N2O3/c1-13-9-10-14(2)16(11-13)22-21-19(25-17-7-5-6-8-18(17)26-22)12-15(3)20(23(21)27)24(28)29-4/h5-11,15,20,22,25-26H,12H2,1-4H3/t15-,20-,22+/m0/s1. The zero-order valence-corrected chi connectivity index (χ0v) is 17.2. The third kappa shape index (κ3) is 3.31. The Morgan fingerprint density at radius 3 is 2.55 bits per heavy atom. The number of para-hydroxylation sites is 2. The number of benzene rings is 2. The number of rotatable bonds is 2. The number of esters is 1. The van der Waals surface area contributed by atoms with Crippen LogP contribution in [-0.4, -0.2) is 18.9 Å². The Morgan fingerprint density at radius 1 is 1.10 bits per heavy atom. The number of allylic oxidation sites excluding steroid dienone is 1. The summed E-state index contributed by atoms with van der Waals surface area (Å²) in [5.74, 6) is -1.54. The second-order valence-corrected chi connectivity index (χ2v) is 8.05. The number of hydrogen-bond acceptors (Lipinski definition) is 5. The molecule has 0 aromatic heterocycles. The van der Waals surface area contributed by atoms with Gasteiger partial charge in [0.05, 0.1) is 24.5 Å². The Balaban J connectivity index is 1.91. The van der Waals surface area contributed by atoms with Crippen LogP contribution in [0.25, 0.3) is 0 Å². The van der Waals surface area contributed by atoms with E-state index in [4.69, 9.17) is 4.74 Å². The fourth-order valence-corrected chi connectivity index (χ4v) is 4.44. The van der Waals surface area contributed by atoms with Crippen molar-refractivity contribution in [1.29, 1.82) is 0 Å². The van der Waals surface area contributed by atoms with Gasteiger partial charge in [0.15, 0.2) is 5.78 Å². The van der Waals surface area contributed by atoms with Gasteiger partial charge in [0, 0.05) is 11.3 Å². The smallest absolute Gasteiger partial charge is 0.316 e. The Morgan fingerprint density at radius 2 is 1.83 bits per heavy atom. The Kier molecular flexibility index (Phi) is 4.91. The molecule has 150 valence electrons. The maximum atomic E-state index is 13.6. The number of methoxy groups -OCH3 is 1. The average molecular weight is 390 g/mol. The highest BCUT2D eigenvalue weighted by Gasteiger charge is 2.44. The van der Waals surface area contributed by atoms with E-state index in [1.54, 1.807) is 0 Å². The fourth-order valence-electron chi connectivity index (χ4n) is 4.44. The molecule has 0 fully saturated rings. The number of hydrogen-bond donors (Lipinski definition) is 2. The Labute approximate surface area is 171 Å². The van der Waals surface area contributed by atoms with Crippen LogP contribution in [0.15, 0.2) is 53.7 Å². The topological polar surface area (TPSA) is 67.4 Å². The monoisotopic (exact) mass is 390 g/mol. The second-order valence-electron chi connectivity index (χ2n) is 8.05. The molecule has 1 heterocycles. The lowest BCUT2D eigenvalue weighted by Crippen LogP contribution is -2.39. The highest BCUT2D eigenvalue weighted by Crippen LogP contribution is 2.44. The number of Topliss-reactive ketones (excluding diaryl/α,β-unsaturated/α-hetero) is 1. The van der Waals surface area contributed by atoms with Gasteiger partial charge in [-0.15, -0.1) is 0 Å². The molecule has 2 aromatic rings. The van der Waals surface area contributed by atoms with Crippen LogP contribution in [0.3, 0.4) is 0 Å². The Bertz CT molecular complexity index is 1020. The zero-order chi connectivity index (χ0) is 20.7. The molecule has 3 atom stereocenters. The summed E-state index contributed by atoms with van der Waals surface area (Å²) >= 11 is 0. The van der Waals surface area contributed by atoms with E-state index in [0.717, 1.165) is 33.8 Å². The molecule has 2 aromatic carbocycles. The first kappa shape index (κ1) is 19.2. The van der Waals surface area contributed by atoms with Gasteiger partial charge in [-0.05, 0) is 49.4 Å². The van der Waals surface area contributed by atoms with Crippen LogP contribution < -0.4 is 10.6 Å². The predicted octanol–water partition coefficient (Wildman–Crippen LogP) is 4.53. The minimum absolute atomic E-state index is 0.134. The third-order valence-electron chi connectivity index (χ3n) is 5.97. The molecular formula is C24H26N2O3. The van der Waals surface area contributed by atoms with Crippen LogP contribution in [0.2, 0.25) is 0 Å². The van der Waals surface area contributed by atoms with Crippen LogP contribution in [0, 0.1) is 25.7 Å². The molecule has 1 aliphatic carbocycles. The van der Waals surface area contributed by atoms with E-state index in [0.29, 0.717) is 12.0 Å². The van der Waals surface area contributed by atoms with Crippen molar-refractivity contribution in [2.45, 2.75) is 33.2 Å². The van der Waals surface area contributed by atoms with Gasteiger partial charge in [-0.2, -0.15) is 0 Å². The summed E-state index contributed by atoms with van der Waals surface area (Å²) in [5.41, 5.74) is 6.64. The van der Waals surface area contributed by atoms with Gasteiger partial charge >= 0.3 is 5.97 Å². The molecule has 0 bridgehead atoms. The molecule has 5 heteroatoms. The highest BCUT2D eigenvalue weighted by molar-refractivity contribution is 6.11. The van der Waals surface area contributed by atoms with E-state index in [2.05, 4.69) is 35.8 Å². The number of fused-ring (bicyclic) bond motifs is 1. The molecule has 5 nitrogen and oxygen atoms in total. The first-order valence-corrected chi connectivity index (χ1v) is 9.95. The summed E-state index contributed by atoms with van der Waals surface area (Å²) in [4.78, 5) is 26.0. The number of nitrogens with one attached hydrogen (secondary N) is 2. The van der Waals surface area contributed by atoms with Gasteiger partial charge < -0.3 is 15.4 Å². The number of aryl methyl sites for hydroxylation is 2. The molecule has 29 heavy (non-hydrogen) atoms. The highest BCUT2D eigenvalue weighted by atomic mass is 16.5. The van der Waals surface area contributed by atoms with Gasteiger partial charge in [0.25, 0.3) is 0 Å². The molecule has 0 amide bonds. The van der Waals surface area contributed by atoms with Crippen LogP contribution in [0.5, 0.6) is 0 Å². The summed E-state index contributed by atoms with van der Waals surface area (Å²) in [6, 6.07) is 13.9. The van der Waals surface area contributed by atoms with Crippen molar-refractivity contribution in [1.82, 2.24) is 0 Å². The van der Waals surface area contributed by atoms with E-state index in [-0.39, 0.29) is 17.7 Å². The third-order valence-corrected chi connectivity index (χ3v) is 5.97. The fraction of sp³-hybridized carbons (Fsp3) is 0.333. The zero-order valence-electron chi connectivity index (χ0n) is 17.2. The first-order chi connectivity index (χ1) is 13.9. The summed E-state index contributed by atoms with van der Waals surface area (Å²) in [5, 5.41) is 7.05. The van der Waals surface area contributed by atoms with Crippen molar-refractivity contribution in [2.24, 2.45) is 11.8 Å². The van der Waals surface area contributed by atoms with Crippen LogP contribution in [0.4, 0.5) is 11.4 Å². The van der Waals surface area contributed by atoms with Crippen LogP contribution in [-0.2, 0) is 14.3 Å². The van der Waals surface area contributed by atoms with Crippen molar-refractivity contribution in [3.8, 4) is 0 Å². The second kappa shape index (κ2) is 7.39. The largest absolute Gasteiger partial charge is 0.468 e. The van der Waals surface area contributed by atoms with Crippen LogP contribution >= 0.6 is 0 Å². The number of ether oxygens (including phenoxy) is 1. The number of anilines is 2. The predicted molar refractivity (Wildman–Crippen MR) is 114 cm³/mol. The van der Waals surface area contributed by atoms with Crippen molar-refractivity contribution >= 4 is 23.1 Å². The summed E-state index contributed by atoms with van der Waals surface area (Å²) in [6.45, 7) is 6.03. The summed E-state index contributed by atoms with van der Waals surface area (Å²) in [7, 11) is 1.34. The summed E-state index contributed by atoms with van der Waals surface area (Å²) in [6.07, 6.45) is 0.609. The molecule has 0 radical (unpaired) electrons. The van der Waals surface area contributed by atoms with E-state index in [1.807, 2.05) is 38.1 Å². The Hall–Kier alpha value is -3.08. The minimum atomic E-state index is -0.781. The lowest BCUT2D eigenvalue weighted by atomic mass is 9.74. The molecule has 0 spiro atoms. The number of ketones is 1. The molecule has 4 rings (SSSR count). The maximum absolute atomic E-state index is 13.6. The number of carbonyl (C=O) groups is 2. The SMILES string of the molecule is COC(=O)[C@@H]1C(=O)C2=C(C[C@@H]1C)Nc1ccccc1N[C@@H]2c1cc(C)ccc1C. The first-order valence-electron chi connectivity index (χ1n) is 9.95. The molecular weight excluding hydrogens is 364 g/mol. The molecule has 0 saturated carbocycles. The molecule has 2 N–H and O–H groups in total. The normalized spacial score (nSPS) is 23.3. The van der Waals surface area contributed by atoms with Crippen molar-refractivity contribution in [3.05, 3.63) is 70.4 Å². The molecule has 2 aliphatic rings. The summed E-state index contributed by atoms with van der Waals surface area (Å²) < 4.78 is 4.96.